The van der Waals surface area contributed by atoms with Crippen molar-refractivity contribution in [3.63, 3.8) is 0 Å². The van der Waals surface area contributed by atoms with Gasteiger partial charge in [-0.3, -0.25) is 9.36 Å². The van der Waals surface area contributed by atoms with Gasteiger partial charge < -0.3 is 18.9 Å². The number of hydrogen-bond acceptors (Lipinski definition) is 4. The Morgan fingerprint density at radius 1 is 0.973 bits per heavy atom. The standard InChI is InChI=1S/C29H30ClN3O4/c1-29(2,3)37-28(35)31-12-10-24-17-21-16-23(8-9-26(21)32(24)15-14-31)33-13-11-25(18-27(33)34)36-19-20-4-6-22(30)7-5-20/h4-9,11,13,16-18H,10,12,14-15,19H2,1-3H3. The van der Waals surface area contributed by atoms with Crippen molar-refractivity contribution in [2.24, 2.45) is 0 Å². The maximum Gasteiger partial charge on any atom is 0.410 e. The molecular formula is C29H30ClN3O4. The summed E-state index contributed by atoms with van der Waals surface area (Å²) in [4.78, 5) is 27.2. The second-order valence-corrected chi connectivity index (χ2v) is 10.7. The van der Waals surface area contributed by atoms with E-state index < -0.39 is 5.60 Å². The fraction of sp³-hybridized carbons (Fsp3) is 0.310. The first-order valence-corrected chi connectivity index (χ1v) is 12.7. The zero-order valence-electron chi connectivity index (χ0n) is 21.2. The third-order valence-electron chi connectivity index (χ3n) is 6.34. The largest absolute Gasteiger partial charge is 0.489 e. The predicted molar refractivity (Wildman–Crippen MR) is 145 cm³/mol. The van der Waals surface area contributed by atoms with Crippen molar-refractivity contribution in [1.29, 1.82) is 0 Å². The van der Waals surface area contributed by atoms with Crippen molar-refractivity contribution < 1.29 is 14.3 Å². The lowest BCUT2D eigenvalue weighted by atomic mass is 10.2. The molecule has 0 radical (unpaired) electrons. The molecule has 0 N–H and O–H groups in total. The molecule has 2 aromatic heterocycles. The molecule has 0 unspecified atom stereocenters. The lowest BCUT2D eigenvalue weighted by molar-refractivity contribution is 0.0254. The first-order chi connectivity index (χ1) is 17.7. The van der Waals surface area contributed by atoms with E-state index in [1.54, 1.807) is 21.7 Å². The highest BCUT2D eigenvalue weighted by molar-refractivity contribution is 6.30. The molecule has 0 bridgehead atoms. The third kappa shape index (κ3) is 5.67. The Morgan fingerprint density at radius 3 is 2.49 bits per heavy atom. The van der Waals surface area contributed by atoms with Crippen LogP contribution in [0.2, 0.25) is 5.02 Å². The number of aromatic nitrogens is 2. The smallest absolute Gasteiger partial charge is 0.410 e. The summed E-state index contributed by atoms with van der Waals surface area (Å²) in [5, 5.41) is 1.74. The maximum absolute atomic E-state index is 12.9. The molecule has 0 fully saturated rings. The molecule has 1 aliphatic rings. The van der Waals surface area contributed by atoms with Crippen molar-refractivity contribution in [2.45, 2.75) is 45.9 Å². The van der Waals surface area contributed by atoms with Gasteiger partial charge in [0.15, 0.2) is 0 Å². The van der Waals surface area contributed by atoms with Crippen LogP contribution in [-0.4, -0.2) is 38.8 Å². The minimum atomic E-state index is -0.513. The first kappa shape index (κ1) is 25.0. The summed E-state index contributed by atoms with van der Waals surface area (Å²) in [6, 6.07) is 18.9. The normalized spacial score (nSPS) is 13.8. The fourth-order valence-electron chi connectivity index (χ4n) is 4.54. The second-order valence-electron chi connectivity index (χ2n) is 10.2. The molecule has 0 spiro atoms. The fourth-order valence-corrected chi connectivity index (χ4v) is 4.66. The van der Waals surface area contributed by atoms with Crippen molar-refractivity contribution in [1.82, 2.24) is 14.0 Å². The molecule has 37 heavy (non-hydrogen) atoms. The van der Waals surface area contributed by atoms with Gasteiger partial charge in [-0.1, -0.05) is 23.7 Å². The predicted octanol–water partition coefficient (Wildman–Crippen LogP) is 5.82. The first-order valence-electron chi connectivity index (χ1n) is 12.4. The number of benzene rings is 2. The SMILES string of the molecule is CC(C)(C)OC(=O)N1CCc2cc3cc(-n4ccc(OCc5ccc(Cl)cc5)cc4=O)ccc3n2CC1. The van der Waals surface area contributed by atoms with E-state index in [2.05, 4.69) is 10.6 Å². The molecule has 7 nitrogen and oxygen atoms in total. The summed E-state index contributed by atoms with van der Waals surface area (Å²) in [5.41, 5.74) is 3.33. The van der Waals surface area contributed by atoms with Gasteiger partial charge in [0.25, 0.3) is 5.56 Å². The summed E-state index contributed by atoms with van der Waals surface area (Å²) in [7, 11) is 0. The highest BCUT2D eigenvalue weighted by atomic mass is 35.5. The highest BCUT2D eigenvalue weighted by Gasteiger charge is 2.25. The van der Waals surface area contributed by atoms with Crippen LogP contribution in [0.5, 0.6) is 5.75 Å². The Balaban J connectivity index is 1.31. The van der Waals surface area contributed by atoms with Crippen molar-refractivity contribution in [3.8, 4) is 11.4 Å². The van der Waals surface area contributed by atoms with E-state index in [1.165, 1.54) is 6.07 Å². The number of halogens is 1. The van der Waals surface area contributed by atoms with Gasteiger partial charge in [0.1, 0.15) is 18.0 Å². The van der Waals surface area contributed by atoms with Gasteiger partial charge in [0.05, 0.1) is 0 Å². The number of rotatable bonds is 4. The quantitative estimate of drug-likeness (QED) is 0.341. The van der Waals surface area contributed by atoms with Crippen molar-refractivity contribution in [3.05, 3.63) is 93.5 Å². The molecule has 0 atom stereocenters. The molecule has 0 saturated carbocycles. The molecular weight excluding hydrogens is 490 g/mol. The number of pyridine rings is 1. The summed E-state index contributed by atoms with van der Waals surface area (Å²) in [6.07, 6.45) is 2.20. The van der Waals surface area contributed by atoms with Crippen LogP contribution in [0.3, 0.4) is 0 Å². The molecule has 0 saturated heterocycles. The van der Waals surface area contributed by atoms with E-state index in [9.17, 15) is 9.59 Å². The molecule has 2 aromatic carbocycles. The Morgan fingerprint density at radius 2 is 1.76 bits per heavy atom. The van der Waals surface area contributed by atoms with Gasteiger partial charge in [-0.15, -0.1) is 0 Å². The Labute approximate surface area is 220 Å². The molecule has 5 rings (SSSR count). The number of ether oxygens (including phenoxy) is 2. The molecule has 4 aromatic rings. The number of amides is 1. The van der Waals surface area contributed by atoms with Crippen molar-refractivity contribution in [2.75, 3.05) is 13.1 Å². The van der Waals surface area contributed by atoms with E-state index in [0.717, 1.165) is 34.3 Å². The molecule has 8 heteroatoms. The number of nitrogens with zero attached hydrogens (tertiary/aromatic N) is 3. The van der Waals surface area contributed by atoms with Crippen LogP contribution in [0, 0.1) is 0 Å². The zero-order valence-corrected chi connectivity index (χ0v) is 22.0. The van der Waals surface area contributed by atoms with E-state index in [0.29, 0.717) is 37.0 Å². The van der Waals surface area contributed by atoms with Crippen LogP contribution < -0.4 is 10.3 Å². The Bertz CT molecular complexity index is 1500. The van der Waals surface area contributed by atoms with Gasteiger partial charge in [-0.25, -0.2) is 4.79 Å². The van der Waals surface area contributed by atoms with Crippen LogP contribution in [0.15, 0.2) is 71.7 Å². The maximum atomic E-state index is 12.9. The molecule has 1 amide bonds. The average molecular weight is 520 g/mol. The van der Waals surface area contributed by atoms with Gasteiger partial charge >= 0.3 is 6.09 Å². The minimum absolute atomic E-state index is 0.165. The van der Waals surface area contributed by atoms with Crippen LogP contribution in [-0.2, 0) is 24.3 Å². The number of carbonyl (C=O) groups excluding carboxylic acids is 1. The summed E-state index contributed by atoms with van der Waals surface area (Å²) in [5.74, 6) is 0.516. The summed E-state index contributed by atoms with van der Waals surface area (Å²) < 4.78 is 15.2. The minimum Gasteiger partial charge on any atom is -0.489 e. The second kappa shape index (κ2) is 9.98. The lowest BCUT2D eigenvalue weighted by Gasteiger charge is -2.26. The lowest BCUT2D eigenvalue weighted by Crippen LogP contribution is -2.38. The topological polar surface area (TPSA) is 65.7 Å². The zero-order chi connectivity index (χ0) is 26.2. The number of hydrogen-bond donors (Lipinski definition) is 0. The van der Waals surface area contributed by atoms with E-state index >= 15 is 0 Å². The highest BCUT2D eigenvalue weighted by Crippen LogP contribution is 2.26. The van der Waals surface area contributed by atoms with E-state index in [-0.39, 0.29) is 11.7 Å². The van der Waals surface area contributed by atoms with Crippen LogP contribution in [0.4, 0.5) is 4.79 Å². The summed E-state index contributed by atoms with van der Waals surface area (Å²) >= 11 is 5.93. The number of carbonyl (C=O) groups is 1. The molecule has 0 aliphatic carbocycles. The van der Waals surface area contributed by atoms with Crippen LogP contribution in [0.1, 0.15) is 32.0 Å². The average Bonchev–Trinajstić information content (AvgIpc) is 3.05. The van der Waals surface area contributed by atoms with Gasteiger partial charge in [0, 0.05) is 65.6 Å². The number of fused-ring (bicyclic) bond motifs is 3. The van der Waals surface area contributed by atoms with Crippen LogP contribution >= 0.6 is 11.6 Å². The monoisotopic (exact) mass is 519 g/mol. The third-order valence-corrected chi connectivity index (χ3v) is 6.59. The van der Waals surface area contributed by atoms with Gasteiger partial charge in [0.2, 0.25) is 0 Å². The van der Waals surface area contributed by atoms with E-state index in [4.69, 9.17) is 21.1 Å². The Hall–Kier alpha value is -3.71. The van der Waals surface area contributed by atoms with Crippen molar-refractivity contribution >= 4 is 28.6 Å². The molecule has 3 heterocycles. The van der Waals surface area contributed by atoms with Gasteiger partial charge in [-0.05, 0) is 68.8 Å². The van der Waals surface area contributed by atoms with Gasteiger partial charge in [-0.2, -0.15) is 0 Å². The molecule has 192 valence electrons. The van der Waals surface area contributed by atoms with Crippen LogP contribution in [0.25, 0.3) is 16.6 Å². The molecule has 1 aliphatic heterocycles. The Kier molecular flexibility index (Phi) is 6.73. The summed E-state index contributed by atoms with van der Waals surface area (Å²) in [6.45, 7) is 7.88. The van der Waals surface area contributed by atoms with E-state index in [1.807, 2.05) is 63.2 Å².